The zero-order chi connectivity index (χ0) is 23.2. The Labute approximate surface area is 187 Å². The van der Waals surface area contributed by atoms with Gasteiger partial charge in [-0.25, -0.2) is 0 Å². The van der Waals surface area contributed by atoms with Gasteiger partial charge in [-0.05, 0) is 44.1 Å². The van der Waals surface area contributed by atoms with E-state index in [1.165, 1.54) is 25.3 Å². The lowest BCUT2D eigenvalue weighted by Crippen LogP contribution is -2.45. The molecule has 3 amide bonds. The van der Waals surface area contributed by atoms with Gasteiger partial charge >= 0.3 is 0 Å². The number of aromatic nitrogens is 1. The van der Waals surface area contributed by atoms with E-state index in [2.05, 4.69) is 20.9 Å². The molecule has 4 N–H and O–H groups in total. The van der Waals surface area contributed by atoms with Crippen molar-refractivity contribution in [2.45, 2.75) is 51.5 Å². The summed E-state index contributed by atoms with van der Waals surface area (Å²) in [5, 5.41) is 18.1. The van der Waals surface area contributed by atoms with Gasteiger partial charge in [0, 0.05) is 36.8 Å². The molecule has 1 aromatic heterocycles. The van der Waals surface area contributed by atoms with Crippen molar-refractivity contribution < 1.29 is 19.5 Å². The minimum absolute atomic E-state index is 0.0133. The minimum atomic E-state index is -0.562. The molecule has 2 rings (SSSR count). The fraction of sp³-hybridized carbons (Fsp3) is 0.455. The number of aliphatic hydroxyl groups is 1. The number of aliphatic hydroxyl groups excluding tert-OH is 1. The molecule has 1 aliphatic rings. The van der Waals surface area contributed by atoms with Crippen molar-refractivity contribution in [2.75, 3.05) is 11.9 Å². The fourth-order valence-electron chi connectivity index (χ4n) is 3.13. The number of hydrogen-bond donors (Lipinski definition) is 4. The van der Waals surface area contributed by atoms with Gasteiger partial charge < -0.3 is 21.1 Å². The molecule has 0 radical (unpaired) electrons. The van der Waals surface area contributed by atoms with Crippen LogP contribution in [0.5, 0.6) is 0 Å². The highest BCUT2D eigenvalue weighted by atomic mass is 35.5. The van der Waals surface area contributed by atoms with Crippen molar-refractivity contribution in [1.82, 2.24) is 15.6 Å². The number of carbonyl (C=O) groups is 3. The van der Waals surface area contributed by atoms with Gasteiger partial charge in [0.25, 0.3) is 5.91 Å². The van der Waals surface area contributed by atoms with Gasteiger partial charge in [0.15, 0.2) is 0 Å². The molecule has 8 nitrogen and oxygen atoms in total. The molecule has 31 heavy (non-hydrogen) atoms. The monoisotopic (exact) mass is 448 g/mol. The van der Waals surface area contributed by atoms with Crippen LogP contribution in [0.4, 0.5) is 5.69 Å². The molecule has 0 bridgehead atoms. The molecule has 2 atom stereocenters. The lowest BCUT2D eigenvalue weighted by Gasteiger charge is -2.26. The highest BCUT2D eigenvalue weighted by Gasteiger charge is 2.25. The summed E-state index contributed by atoms with van der Waals surface area (Å²) >= 11 is 6.19. The largest absolute Gasteiger partial charge is 0.508 e. The zero-order valence-electron chi connectivity index (χ0n) is 18.2. The molecule has 9 heteroatoms. The van der Waals surface area contributed by atoms with Gasteiger partial charge in [-0.15, -0.1) is 11.6 Å². The average molecular weight is 449 g/mol. The molecular weight excluding hydrogens is 420 g/mol. The van der Waals surface area contributed by atoms with Crippen molar-refractivity contribution in [1.29, 1.82) is 0 Å². The van der Waals surface area contributed by atoms with Gasteiger partial charge in [0.05, 0.1) is 11.8 Å². The first-order valence-electron chi connectivity index (χ1n) is 10.1. The smallest absolute Gasteiger partial charge is 0.270 e. The molecule has 0 spiro atoms. The van der Waals surface area contributed by atoms with Crippen molar-refractivity contribution in [3.05, 3.63) is 47.5 Å². The van der Waals surface area contributed by atoms with Crippen molar-refractivity contribution in [2.24, 2.45) is 5.92 Å². The van der Waals surface area contributed by atoms with E-state index in [0.29, 0.717) is 24.2 Å². The Hall–Kier alpha value is -2.87. The summed E-state index contributed by atoms with van der Waals surface area (Å²) < 4.78 is 0. The standard InChI is InChI=1S/C22H29ClN4O4/c1-13-16(19(29)6-5-17(13)23)12-20(30)26-15-7-9-25-18(11-15)21(31)27-22(3,4)8-10-24-14(2)28/h5-7,9,11,13,17,29H,8,10,12H2,1-4H3,(H,24,28)(H,27,31)(H,25,26,30)/t13?,17-/m0/s1. The van der Waals surface area contributed by atoms with Crippen LogP contribution < -0.4 is 16.0 Å². The van der Waals surface area contributed by atoms with E-state index in [4.69, 9.17) is 11.6 Å². The van der Waals surface area contributed by atoms with E-state index >= 15 is 0 Å². The first-order chi connectivity index (χ1) is 14.5. The molecule has 0 fully saturated rings. The Balaban J connectivity index is 1.99. The van der Waals surface area contributed by atoms with Gasteiger partial charge in [-0.2, -0.15) is 0 Å². The first kappa shape index (κ1) is 24.4. The SMILES string of the molecule is CC(=O)NCCC(C)(C)NC(=O)c1cc(NC(=O)CC2=C(O)C=C[C@H](Cl)C2C)ccn1. The van der Waals surface area contributed by atoms with E-state index in [9.17, 15) is 19.5 Å². The summed E-state index contributed by atoms with van der Waals surface area (Å²) in [6.07, 6.45) is 5.16. The molecule has 1 aromatic rings. The van der Waals surface area contributed by atoms with Crippen LogP contribution in [0.15, 0.2) is 41.8 Å². The van der Waals surface area contributed by atoms with E-state index in [0.717, 1.165) is 0 Å². The second kappa shape index (κ2) is 10.4. The van der Waals surface area contributed by atoms with Crippen LogP contribution in [0.25, 0.3) is 0 Å². The van der Waals surface area contributed by atoms with Crippen LogP contribution >= 0.6 is 11.6 Å². The topological polar surface area (TPSA) is 120 Å². The lowest BCUT2D eigenvalue weighted by atomic mass is 9.89. The molecule has 1 heterocycles. The maximum Gasteiger partial charge on any atom is 0.270 e. The normalized spacial score (nSPS) is 18.5. The van der Waals surface area contributed by atoms with Crippen LogP contribution in [-0.4, -0.2) is 45.3 Å². The number of hydrogen-bond acceptors (Lipinski definition) is 5. The summed E-state index contributed by atoms with van der Waals surface area (Å²) in [7, 11) is 0. The minimum Gasteiger partial charge on any atom is -0.508 e. The van der Waals surface area contributed by atoms with Crippen LogP contribution in [0.3, 0.4) is 0 Å². The van der Waals surface area contributed by atoms with E-state index < -0.39 is 5.54 Å². The van der Waals surface area contributed by atoms with Gasteiger partial charge in [0.1, 0.15) is 11.5 Å². The molecular formula is C22H29ClN4O4. The van der Waals surface area contributed by atoms with Crippen molar-refractivity contribution in [3.63, 3.8) is 0 Å². The molecule has 0 aliphatic heterocycles. The fourth-order valence-corrected chi connectivity index (χ4v) is 3.35. The Morgan fingerprint density at radius 2 is 2.00 bits per heavy atom. The number of alkyl halides is 1. The number of halogens is 1. The zero-order valence-corrected chi connectivity index (χ0v) is 18.9. The summed E-state index contributed by atoms with van der Waals surface area (Å²) in [5.41, 5.74) is 0.575. The molecule has 0 saturated carbocycles. The van der Waals surface area contributed by atoms with Gasteiger partial charge in [-0.3, -0.25) is 19.4 Å². The Bertz CT molecular complexity index is 911. The predicted octanol–water partition coefficient (Wildman–Crippen LogP) is 3.07. The summed E-state index contributed by atoms with van der Waals surface area (Å²) in [6, 6.07) is 3.07. The molecule has 0 saturated heterocycles. The molecule has 1 unspecified atom stereocenters. The second-order valence-electron chi connectivity index (χ2n) is 8.23. The molecule has 0 aromatic carbocycles. The van der Waals surface area contributed by atoms with E-state index in [1.54, 1.807) is 12.1 Å². The number of pyridine rings is 1. The third-order valence-corrected chi connectivity index (χ3v) is 5.52. The van der Waals surface area contributed by atoms with Crippen LogP contribution in [0.2, 0.25) is 0 Å². The summed E-state index contributed by atoms with van der Waals surface area (Å²) in [5.74, 6) is -0.968. The summed E-state index contributed by atoms with van der Waals surface area (Å²) in [4.78, 5) is 40.2. The Morgan fingerprint density at radius 3 is 2.68 bits per heavy atom. The Morgan fingerprint density at radius 1 is 1.29 bits per heavy atom. The second-order valence-corrected chi connectivity index (χ2v) is 8.73. The van der Waals surface area contributed by atoms with Crippen molar-refractivity contribution in [3.8, 4) is 0 Å². The summed E-state index contributed by atoms with van der Waals surface area (Å²) in [6.45, 7) is 7.42. The first-order valence-corrected chi connectivity index (χ1v) is 10.5. The quantitative estimate of drug-likeness (QED) is 0.455. The number of rotatable bonds is 8. The predicted molar refractivity (Wildman–Crippen MR) is 120 cm³/mol. The van der Waals surface area contributed by atoms with E-state index in [1.807, 2.05) is 20.8 Å². The number of nitrogens with one attached hydrogen (secondary N) is 3. The lowest BCUT2D eigenvalue weighted by molar-refractivity contribution is -0.119. The van der Waals surface area contributed by atoms with Gasteiger partial charge in [0.2, 0.25) is 11.8 Å². The Kier molecular flexibility index (Phi) is 8.21. The highest BCUT2D eigenvalue weighted by Crippen LogP contribution is 2.30. The van der Waals surface area contributed by atoms with Crippen LogP contribution in [0.1, 0.15) is 51.0 Å². The van der Waals surface area contributed by atoms with Gasteiger partial charge in [-0.1, -0.05) is 13.0 Å². The number of carbonyl (C=O) groups excluding carboxylic acids is 3. The molecule has 1 aliphatic carbocycles. The average Bonchev–Trinajstić information content (AvgIpc) is 2.67. The number of allylic oxidation sites excluding steroid dienone is 2. The number of amides is 3. The molecule has 168 valence electrons. The maximum atomic E-state index is 12.6. The number of nitrogens with zero attached hydrogens (tertiary/aromatic N) is 1. The third-order valence-electron chi connectivity index (χ3n) is 5.00. The van der Waals surface area contributed by atoms with Crippen LogP contribution in [0, 0.1) is 5.92 Å². The maximum absolute atomic E-state index is 12.6. The van der Waals surface area contributed by atoms with Crippen molar-refractivity contribution >= 4 is 35.0 Å². The van der Waals surface area contributed by atoms with E-state index in [-0.39, 0.29) is 46.9 Å². The number of anilines is 1. The van der Waals surface area contributed by atoms with Crippen LogP contribution in [-0.2, 0) is 9.59 Å². The third kappa shape index (κ3) is 7.40. The highest BCUT2D eigenvalue weighted by molar-refractivity contribution is 6.22.